The number of benzene rings is 1. The predicted octanol–water partition coefficient (Wildman–Crippen LogP) is 1.39. The molecule has 124 valence electrons. The smallest absolute Gasteiger partial charge is 0.332 e. The van der Waals surface area contributed by atoms with E-state index in [2.05, 4.69) is 17.4 Å². The minimum atomic E-state index is -0.559. The summed E-state index contributed by atoms with van der Waals surface area (Å²) in [6.45, 7) is 0.636. The van der Waals surface area contributed by atoms with Crippen molar-refractivity contribution in [2.75, 3.05) is 11.9 Å². The fourth-order valence-electron chi connectivity index (χ4n) is 3.04. The molecule has 1 aromatic carbocycles. The van der Waals surface area contributed by atoms with Gasteiger partial charge >= 0.3 is 5.69 Å². The molecule has 1 saturated carbocycles. The van der Waals surface area contributed by atoms with Gasteiger partial charge in [0.15, 0.2) is 5.56 Å². The van der Waals surface area contributed by atoms with E-state index >= 15 is 0 Å². The zero-order valence-electron chi connectivity index (χ0n) is 13.9. The maximum Gasteiger partial charge on any atom is 0.332 e. The summed E-state index contributed by atoms with van der Waals surface area (Å²) in [4.78, 5) is 24.2. The summed E-state index contributed by atoms with van der Waals surface area (Å²) >= 11 is 0. The highest BCUT2D eigenvalue weighted by molar-refractivity contribution is 5.51. The molecular formula is C18H20N4O2. The molecule has 1 aliphatic carbocycles. The first-order valence-electron chi connectivity index (χ1n) is 7.95. The zero-order valence-corrected chi connectivity index (χ0v) is 13.9. The summed E-state index contributed by atoms with van der Waals surface area (Å²) < 4.78 is 2.29. The van der Waals surface area contributed by atoms with Crippen LogP contribution < -0.4 is 16.6 Å². The first kappa shape index (κ1) is 16.1. The Hall–Kier alpha value is -2.81. The minimum Gasteiger partial charge on any atom is -0.370 e. The highest BCUT2D eigenvalue weighted by Crippen LogP contribution is 2.48. The molecule has 6 heteroatoms. The molecule has 0 bridgehead atoms. The van der Waals surface area contributed by atoms with Crippen molar-refractivity contribution in [3.05, 3.63) is 62.3 Å². The molecule has 2 aromatic rings. The summed E-state index contributed by atoms with van der Waals surface area (Å²) in [7, 11) is 2.95. The summed E-state index contributed by atoms with van der Waals surface area (Å²) in [5, 5.41) is 12.5. The predicted molar refractivity (Wildman–Crippen MR) is 91.9 cm³/mol. The average Bonchev–Trinajstić information content (AvgIpc) is 3.35. The van der Waals surface area contributed by atoms with E-state index in [9.17, 15) is 14.9 Å². The van der Waals surface area contributed by atoms with Crippen LogP contribution in [0.3, 0.4) is 0 Å². The van der Waals surface area contributed by atoms with Crippen molar-refractivity contribution >= 4 is 5.82 Å². The van der Waals surface area contributed by atoms with E-state index in [1.165, 1.54) is 17.2 Å². The maximum atomic E-state index is 12.1. The second-order valence-electron chi connectivity index (χ2n) is 6.56. The van der Waals surface area contributed by atoms with E-state index in [4.69, 9.17) is 0 Å². The monoisotopic (exact) mass is 324 g/mol. The second-order valence-corrected chi connectivity index (χ2v) is 6.56. The lowest BCUT2D eigenvalue weighted by Crippen LogP contribution is -2.40. The molecule has 1 aliphatic rings. The van der Waals surface area contributed by atoms with Gasteiger partial charge in [-0.15, -0.1) is 0 Å². The van der Waals surface area contributed by atoms with Gasteiger partial charge < -0.3 is 5.32 Å². The fourth-order valence-corrected chi connectivity index (χ4v) is 3.04. The van der Waals surface area contributed by atoms with Crippen LogP contribution in [0, 0.1) is 16.7 Å². The van der Waals surface area contributed by atoms with E-state index in [-0.39, 0.29) is 11.0 Å². The van der Waals surface area contributed by atoms with Crippen LogP contribution in [0.15, 0.2) is 39.9 Å². The van der Waals surface area contributed by atoms with Gasteiger partial charge in [-0.2, -0.15) is 5.26 Å². The second kappa shape index (κ2) is 6.00. The average molecular weight is 324 g/mol. The first-order valence-corrected chi connectivity index (χ1v) is 7.95. The third kappa shape index (κ3) is 2.85. The highest BCUT2D eigenvalue weighted by atomic mass is 16.2. The van der Waals surface area contributed by atoms with Gasteiger partial charge in [0, 0.05) is 20.6 Å². The Morgan fingerprint density at radius 1 is 1.17 bits per heavy atom. The van der Waals surface area contributed by atoms with Gasteiger partial charge in [0.2, 0.25) is 0 Å². The van der Waals surface area contributed by atoms with Crippen molar-refractivity contribution in [2.45, 2.75) is 19.3 Å². The molecule has 0 atom stereocenters. The molecule has 1 N–H and O–H groups in total. The molecule has 0 spiro atoms. The van der Waals surface area contributed by atoms with Gasteiger partial charge in [-0.3, -0.25) is 13.9 Å². The molecule has 0 amide bonds. The van der Waals surface area contributed by atoms with Crippen molar-refractivity contribution in [1.82, 2.24) is 9.13 Å². The topological polar surface area (TPSA) is 79.8 Å². The molecule has 0 aliphatic heterocycles. The van der Waals surface area contributed by atoms with E-state index in [0.29, 0.717) is 12.4 Å². The van der Waals surface area contributed by atoms with Crippen LogP contribution >= 0.6 is 0 Å². The van der Waals surface area contributed by atoms with Crippen LogP contribution in [0.5, 0.6) is 0 Å². The van der Waals surface area contributed by atoms with Crippen molar-refractivity contribution in [3.63, 3.8) is 0 Å². The minimum absolute atomic E-state index is 0.0184. The normalized spacial score (nSPS) is 14.9. The number of nitriles is 1. The molecular weight excluding hydrogens is 304 g/mol. The van der Waals surface area contributed by atoms with Gasteiger partial charge in [-0.1, -0.05) is 30.3 Å². The summed E-state index contributed by atoms with van der Waals surface area (Å²) in [6, 6.07) is 12.2. The molecule has 0 saturated heterocycles. The number of hydrogen-bond donors (Lipinski definition) is 1. The van der Waals surface area contributed by atoms with Crippen molar-refractivity contribution in [2.24, 2.45) is 19.5 Å². The SMILES string of the molecule is Cn1c(NCC2(Cc3ccccc3)CC2)c(C#N)c(=O)n(C)c1=O. The Labute approximate surface area is 140 Å². The number of nitrogens with zero attached hydrogens (tertiary/aromatic N) is 3. The van der Waals surface area contributed by atoms with Crippen molar-refractivity contribution < 1.29 is 0 Å². The van der Waals surface area contributed by atoms with Gasteiger partial charge in [0.1, 0.15) is 11.9 Å². The maximum absolute atomic E-state index is 12.1. The molecule has 3 rings (SSSR count). The Morgan fingerprint density at radius 3 is 2.42 bits per heavy atom. The first-order chi connectivity index (χ1) is 11.5. The van der Waals surface area contributed by atoms with Crippen LogP contribution in [-0.2, 0) is 20.5 Å². The summed E-state index contributed by atoms with van der Waals surface area (Å²) in [6.07, 6.45) is 3.13. The Bertz CT molecular complexity index is 915. The molecule has 1 heterocycles. The van der Waals surface area contributed by atoms with Crippen LogP contribution in [0.2, 0.25) is 0 Å². The molecule has 1 fully saturated rings. The van der Waals surface area contributed by atoms with E-state index < -0.39 is 11.2 Å². The lowest BCUT2D eigenvalue weighted by molar-refractivity contribution is 0.534. The van der Waals surface area contributed by atoms with Crippen LogP contribution in [0.1, 0.15) is 24.0 Å². The number of aromatic nitrogens is 2. The fraction of sp³-hybridized carbons (Fsp3) is 0.389. The van der Waals surface area contributed by atoms with E-state index in [0.717, 1.165) is 23.8 Å². The lowest BCUT2D eigenvalue weighted by atomic mass is 9.96. The van der Waals surface area contributed by atoms with Gasteiger partial charge in [-0.25, -0.2) is 4.79 Å². The molecule has 0 unspecified atom stereocenters. The standard InChI is InChI=1S/C18H20N4O2/c1-21-15(14(11-19)16(23)22(2)17(21)24)20-12-18(8-9-18)10-13-6-4-3-5-7-13/h3-7,20H,8-10,12H2,1-2H3. The highest BCUT2D eigenvalue weighted by Gasteiger charge is 2.42. The van der Waals surface area contributed by atoms with Crippen molar-refractivity contribution in [3.8, 4) is 6.07 Å². The van der Waals surface area contributed by atoms with Gasteiger partial charge in [0.05, 0.1) is 0 Å². The van der Waals surface area contributed by atoms with E-state index in [1.54, 1.807) is 7.05 Å². The number of nitrogens with one attached hydrogen (secondary N) is 1. The van der Waals surface area contributed by atoms with Crippen LogP contribution in [0.4, 0.5) is 5.82 Å². The summed E-state index contributed by atoms with van der Waals surface area (Å²) in [5.74, 6) is 0.310. The number of hydrogen-bond acceptors (Lipinski definition) is 4. The molecule has 0 radical (unpaired) electrons. The lowest BCUT2D eigenvalue weighted by Gasteiger charge is -2.19. The third-order valence-electron chi connectivity index (χ3n) is 4.79. The third-order valence-corrected chi connectivity index (χ3v) is 4.79. The molecule has 6 nitrogen and oxygen atoms in total. The Balaban J connectivity index is 1.84. The van der Waals surface area contributed by atoms with Gasteiger partial charge in [0.25, 0.3) is 5.56 Å². The molecule has 1 aromatic heterocycles. The number of anilines is 1. The van der Waals surface area contributed by atoms with E-state index in [1.807, 2.05) is 24.3 Å². The Morgan fingerprint density at radius 2 is 1.83 bits per heavy atom. The quantitative estimate of drug-likeness (QED) is 0.901. The Kier molecular flexibility index (Phi) is 4.02. The van der Waals surface area contributed by atoms with Crippen LogP contribution in [0.25, 0.3) is 0 Å². The van der Waals surface area contributed by atoms with Crippen molar-refractivity contribution in [1.29, 1.82) is 5.26 Å². The largest absolute Gasteiger partial charge is 0.370 e. The molecule has 24 heavy (non-hydrogen) atoms. The van der Waals surface area contributed by atoms with Gasteiger partial charge in [-0.05, 0) is 30.2 Å². The zero-order chi connectivity index (χ0) is 17.3. The summed E-state index contributed by atoms with van der Waals surface area (Å²) in [5.41, 5.74) is 0.390. The number of rotatable bonds is 5. The van der Waals surface area contributed by atoms with Crippen LogP contribution in [-0.4, -0.2) is 15.7 Å².